The van der Waals surface area contributed by atoms with Crippen LogP contribution in [0, 0.1) is 0 Å². The Hall–Kier alpha value is -3.36. The van der Waals surface area contributed by atoms with Crippen LogP contribution in [0.1, 0.15) is 13.8 Å². The third-order valence-electron chi connectivity index (χ3n) is 4.73. The van der Waals surface area contributed by atoms with Gasteiger partial charge in [0.25, 0.3) is 0 Å². The van der Waals surface area contributed by atoms with Gasteiger partial charge in [-0.2, -0.15) is 0 Å². The van der Waals surface area contributed by atoms with Gasteiger partial charge in [0, 0.05) is 18.3 Å². The molecule has 3 rings (SSSR count). The molecule has 2 aromatic carbocycles. The van der Waals surface area contributed by atoms with Crippen molar-refractivity contribution < 1.29 is 9.53 Å². The summed E-state index contributed by atoms with van der Waals surface area (Å²) in [4.78, 5) is 22.8. The largest absolute Gasteiger partial charge is 0.492 e. The van der Waals surface area contributed by atoms with Gasteiger partial charge >= 0.3 is 6.03 Å². The molecule has 168 valence electrons. The van der Waals surface area contributed by atoms with Crippen molar-refractivity contribution in [3.63, 3.8) is 0 Å². The number of hydrogen-bond acceptors (Lipinski definition) is 6. The number of halogens is 1. The number of nitrogens with one attached hydrogen (secondary N) is 3. The normalized spacial score (nSPS) is 10.6. The zero-order valence-electron chi connectivity index (χ0n) is 18.1. The molecule has 0 unspecified atom stereocenters. The molecule has 1 heterocycles. The Bertz CT molecular complexity index is 1010. The van der Waals surface area contributed by atoms with Crippen molar-refractivity contribution in [3.05, 3.63) is 65.9 Å². The van der Waals surface area contributed by atoms with Crippen LogP contribution in [0.2, 0.25) is 5.02 Å². The second-order valence-electron chi connectivity index (χ2n) is 6.87. The van der Waals surface area contributed by atoms with E-state index < -0.39 is 6.03 Å². The average molecular weight is 455 g/mol. The summed E-state index contributed by atoms with van der Waals surface area (Å²) in [7, 11) is 0. The first-order valence-corrected chi connectivity index (χ1v) is 10.8. The van der Waals surface area contributed by atoms with Crippen LogP contribution in [0.4, 0.5) is 27.8 Å². The summed E-state index contributed by atoms with van der Waals surface area (Å²) in [6.45, 7) is 7.85. The van der Waals surface area contributed by atoms with Gasteiger partial charge in [-0.15, -0.1) is 0 Å². The zero-order chi connectivity index (χ0) is 22.8. The maximum absolute atomic E-state index is 12.2. The Morgan fingerprint density at radius 2 is 1.72 bits per heavy atom. The number of anilines is 4. The molecule has 0 aliphatic rings. The number of nitrogens with zero attached hydrogens (tertiary/aromatic N) is 3. The van der Waals surface area contributed by atoms with Crippen molar-refractivity contribution in [2.24, 2.45) is 0 Å². The van der Waals surface area contributed by atoms with Crippen molar-refractivity contribution >= 4 is 40.6 Å². The lowest BCUT2D eigenvalue weighted by Crippen LogP contribution is -2.27. The van der Waals surface area contributed by atoms with Crippen molar-refractivity contribution in [1.29, 1.82) is 0 Å². The van der Waals surface area contributed by atoms with Gasteiger partial charge in [0.2, 0.25) is 0 Å². The number of carbonyl (C=O) groups is 1. The first-order valence-electron chi connectivity index (χ1n) is 10.4. The predicted octanol–water partition coefficient (Wildman–Crippen LogP) is 5.24. The number of urea groups is 1. The van der Waals surface area contributed by atoms with Crippen molar-refractivity contribution in [1.82, 2.24) is 14.9 Å². The maximum Gasteiger partial charge on any atom is 0.324 e. The minimum Gasteiger partial charge on any atom is -0.492 e. The summed E-state index contributed by atoms with van der Waals surface area (Å²) in [5, 5.41) is 9.00. The highest BCUT2D eigenvalue weighted by atomic mass is 35.5. The van der Waals surface area contributed by atoms with E-state index in [9.17, 15) is 4.79 Å². The molecule has 0 saturated carbocycles. The fraction of sp³-hybridized carbons (Fsp3) is 0.261. The topological polar surface area (TPSA) is 91.4 Å². The number of amides is 2. The van der Waals surface area contributed by atoms with Gasteiger partial charge in [0.05, 0.1) is 10.7 Å². The highest BCUT2D eigenvalue weighted by Gasteiger charge is 2.07. The number of likely N-dealkylation sites (N-methyl/N-ethyl adjacent to an activating group) is 1. The van der Waals surface area contributed by atoms with E-state index in [1.54, 1.807) is 30.3 Å². The van der Waals surface area contributed by atoms with Crippen LogP contribution in [0.15, 0.2) is 60.9 Å². The smallest absolute Gasteiger partial charge is 0.324 e. The van der Waals surface area contributed by atoms with E-state index >= 15 is 0 Å². The van der Waals surface area contributed by atoms with Crippen LogP contribution in [0.25, 0.3) is 0 Å². The number of hydrogen-bond donors (Lipinski definition) is 3. The Labute approximate surface area is 193 Å². The van der Waals surface area contributed by atoms with Crippen LogP contribution in [-0.4, -0.2) is 47.1 Å². The van der Waals surface area contributed by atoms with Gasteiger partial charge < -0.3 is 20.3 Å². The summed E-state index contributed by atoms with van der Waals surface area (Å²) in [5.41, 5.74) is 1.35. The number of para-hydroxylation sites is 1. The van der Waals surface area contributed by atoms with E-state index in [0.29, 0.717) is 29.0 Å². The molecule has 3 N–H and O–H groups in total. The van der Waals surface area contributed by atoms with E-state index in [1.165, 1.54) is 6.33 Å². The quantitative estimate of drug-likeness (QED) is 0.388. The summed E-state index contributed by atoms with van der Waals surface area (Å²) in [6.07, 6.45) is 1.37. The van der Waals surface area contributed by atoms with Crippen molar-refractivity contribution in [2.45, 2.75) is 13.8 Å². The molecule has 1 aromatic heterocycles. The van der Waals surface area contributed by atoms with E-state index in [4.69, 9.17) is 16.3 Å². The number of rotatable bonds is 10. The van der Waals surface area contributed by atoms with E-state index in [1.807, 2.05) is 24.3 Å². The fourth-order valence-electron chi connectivity index (χ4n) is 2.94. The molecule has 0 spiro atoms. The Balaban J connectivity index is 1.53. The number of carbonyl (C=O) groups excluding carboxylic acids is 1. The van der Waals surface area contributed by atoms with Crippen molar-refractivity contribution in [2.75, 3.05) is 42.2 Å². The van der Waals surface area contributed by atoms with E-state index in [-0.39, 0.29) is 0 Å². The fourth-order valence-corrected chi connectivity index (χ4v) is 3.12. The third kappa shape index (κ3) is 7.11. The van der Waals surface area contributed by atoms with Gasteiger partial charge in [-0.05, 0) is 49.5 Å². The Morgan fingerprint density at radius 3 is 2.44 bits per heavy atom. The minimum absolute atomic E-state index is 0.350. The molecule has 9 heteroatoms. The van der Waals surface area contributed by atoms with Crippen LogP contribution in [-0.2, 0) is 0 Å². The molecule has 0 atom stereocenters. The van der Waals surface area contributed by atoms with E-state index in [2.05, 4.69) is 44.7 Å². The molecule has 0 fully saturated rings. The molecule has 2 amide bonds. The third-order valence-corrected chi connectivity index (χ3v) is 5.06. The monoisotopic (exact) mass is 454 g/mol. The van der Waals surface area contributed by atoms with Gasteiger partial charge in [-0.25, -0.2) is 14.8 Å². The molecule has 3 aromatic rings. The first-order chi connectivity index (χ1) is 15.6. The van der Waals surface area contributed by atoms with E-state index in [0.717, 1.165) is 31.1 Å². The van der Waals surface area contributed by atoms with Gasteiger partial charge in [-0.3, -0.25) is 5.32 Å². The molecular formula is C23H27ClN6O2. The molecule has 0 saturated heterocycles. The minimum atomic E-state index is -0.450. The van der Waals surface area contributed by atoms with Gasteiger partial charge in [0.1, 0.15) is 30.3 Å². The maximum atomic E-state index is 12.2. The lowest BCUT2D eigenvalue weighted by molar-refractivity contribution is 0.223. The molecule has 0 radical (unpaired) electrons. The molecule has 0 bridgehead atoms. The van der Waals surface area contributed by atoms with Crippen LogP contribution in [0.5, 0.6) is 5.75 Å². The summed E-state index contributed by atoms with van der Waals surface area (Å²) in [5.74, 6) is 1.70. The van der Waals surface area contributed by atoms with Crippen LogP contribution >= 0.6 is 11.6 Å². The van der Waals surface area contributed by atoms with Crippen molar-refractivity contribution in [3.8, 4) is 5.75 Å². The first kappa shape index (κ1) is 23.3. The Kier molecular flexibility index (Phi) is 8.65. The molecule has 0 aliphatic carbocycles. The molecular weight excluding hydrogens is 428 g/mol. The van der Waals surface area contributed by atoms with Gasteiger partial charge in [-0.1, -0.05) is 37.6 Å². The van der Waals surface area contributed by atoms with Crippen LogP contribution in [0.3, 0.4) is 0 Å². The Morgan fingerprint density at radius 1 is 1.00 bits per heavy atom. The second-order valence-corrected chi connectivity index (χ2v) is 7.28. The van der Waals surface area contributed by atoms with Gasteiger partial charge in [0.15, 0.2) is 0 Å². The summed E-state index contributed by atoms with van der Waals surface area (Å²) < 4.78 is 5.81. The standard InChI is InChI=1S/C23H27ClN6O2/c1-3-30(4-2)13-14-32-18-11-9-17(10-12-18)27-21-15-22(26-16-25-21)29-23(31)28-20-8-6-5-7-19(20)24/h5-12,15-16H,3-4,13-14H2,1-2H3,(H3,25,26,27,28,29,31). The molecule has 0 aliphatic heterocycles. The zero-order valence-corrected chi connectivity index (χ0v) is 18.9. The summed E-state index contributed by atoms with van der Waals surface area (Å²) >= 11 is 6.06. The summed E-state index contributed by atoms with van der Waals surface area (Å²) in [6, 6.07) is 15.8. The number of benzene rings is 2. The molecule has 32 heavy (non-hydrogen) atoms. The number of ether oxygens (including phenoxy) is 1. The highest BCUT2D eigenvalue weighted by Crippen LogP contribution is 2.22. The van der Waals surface area contributed by atoms with Crippen LogP contribution < -0.4 is 20.7 Å². The predicted molar refractivity (Wildman–Crippen MR) is 129 cm³/mol. The molecule has 8 nitrogen and oxygen atoms in total. The second kappa shape index (κ2) is 11.9. The SMILES string of the molecule is CCN(CC)CCOc1ccc(Nc2cc(NC(=O)Nc3ccccc3Cl)ncn2)cc1. The lowest BCUT2D eigenvalue weighted by Gasteiger charge is -2.18. The number of aromatic nitrogens is 2. The lowest BCUT2D eigenvalue weighted by atomic mass is 10.3. The highest BCUT2D eigenvalue weighted by molar-refractivity contribution is 6.33. The average Bonchev–Trinajstić information content (AvgIpc) is 2.80.